The van der Waals surface area contributed by atoms with Crippen LogP contribution in [0.15, 0.2) is 72.8 Å². The average molecular weight is 796 g/mol. The molecule has 2 atom stereocenters. The minimum Gasteiger partial charge on any atom is -0.506 e. The first-order valence-electron chi connectivity index (χ1n) is 18.4. The van der Waals surface area contributed by atoms with Crippen LogP contribution in [0.3, 0.4) is 0 Å². The van der Waals surface area contributed by atoms with Crippen molar-refractivity contribution in [2.75, 3.05) is 6.54 Å². The third-order valence-electron chi connectivity index (χ3n) is 10.1. The lowest BCUT2D eigenvalue weighted by Crippen LogP contribution is -2.42. The number of hydrogen-bond donors (Lipinski definition) is 4. The molecule has 2 amide bonds. The summed E-state index contributed by atoms with van der Waals surface area (Å²) in [7, 11) is 0. The molecule has 0 bridgehead atoms. The van der Waals surface area contributed by atoms with E-state index < -0.39 is 35.5 Å². The summed E-state index contributed by atoms with van der Waals surface area (Å²) in [5.41, 5.74) is 4.57. The van der Waals surface area contributed by atoms with Gasteiger partial charge in [-0.25, -0.2) is 0 Å². The van der Waals surface area contributed by atoms with Crippen LogP contribution >= 0.6 is 23.2 Å². The van der Waals surface area contributed by atoms with Gasteiger partial charge in [-0.1, -0.05) is 65.5 Å². The summed E-state index contributed by atoms with van der Waals surface area (Å²) in [5.74, 6) is -5.16. The van der Waals surface area contributed by atoms with Crippen LogP contribution in [-0.4, -0.2) is 55.6 Å². The van der Waals surface area contributed by atoms with Crippen LogP contribution in [0, 0.1) is 27.7 Å². The average Bonchev–Trinajstić information content (AvgIpc) is 3.57. The molecular formula is C44H44Cl2N4O6. The fourth-order valence-electron chi connectivity index (χ4n) is 7.49. The van der Waals surface area contributed by atoms with Gasteiger partial charge in [-0.15, -0.1) is 0 Å². The summed E-state index contributed by atoms with van der Waals surface area (Å²) >= 11 is 13.0. The van der Waals surface area contributed by atoms with Gasteiger partial charge >= 0.3 is 0 Å². The molecule has 0 spiro atoms. The number of hydrogen-bond acceptors (Lipinski definition) is 6. The fraction of sp³-hybridized carbons (Fsp3) is 0.273. The molecule has 0 aliphatic carbocycles. The van der Waals surface area contributed by atoms with Crippen molar-refractivity contribution in [3.8, 4) is 11.5 Å². The van der Waals surface area contributed by atoms with Gasteiger partial charge in [0, 0.05) is 45.9 Å². The molecule has 2 unspecified atom stereocenters. The van der Waals surface area contributed by atoms with Crippen LogP contribution in [0.5, 0.6) is 11.5 Å². The predicted molar refractivity (Wildman–Crippen MR) is 221 cm³/mol. The van der Waals surface area contributed by atoms with Crippen molar-refractivity contribution in [2.24, 2.45) is 0 Å². The molecule has 290 valence electrons. The number of aryl methyl sites for hydroxylation is 2. The van der Waals surface area contributed by atoms with Crippen molar-refractivity contribution in [1.82, 2.24) is 19.8 Å². The van der Waals surface area contributed by atoms with Crippen molar-refractivity contribution in [3.05, 3.63) is 128 Å². The zero-order chi connectivity index (χ0) is 40.7. The number of phenols is 2. The Balaban J connectivity index is 1.73. The highest BCUT2D eigenvalue weighted by molar-refractivity contribution is 6.33. The van der Waals surface area contributed by atoms with E-state index in [4.69, 9.17) is 23.2 Å². The summed E-state index contributed by atoms with van der Waals surface area (Å²) in [5, 5.41) is 28.6. The minimum atomic E-state index is -1.35. The van der Waals surface area contributed by atoms with Crippen molar-refractivity contribution in [2.45, 2.75) is 72.8 Å². The first kappa shape index (κ1) is 40.1. The number of fused-ring (bicyclic) bond motifs is 2. The van der Waals surface area contributed by atoms with Crippen LogP contribution in [0.1, 0.15) is 93.4 Å². The quantitative estimate of drug-likeness (QED) is 0.109. The molecule has 56 heavy (non-hydrogen) atoms. The molecular weight excluding hydrogens is 751 g/mol. The Bertz CT molecular complexity index is 2530. The molecule has 4 aromatic carbocycles. The lowest BCUT2D eigenvalue weighted by Gasteiger charge is -2.28. The molecule has 2 aromatic heterocycles. The van der Waals surface area contributed by atoms with Gasteiger partial charge in [0.2, 0.25) is 11.8 Å². The Morgan fingerprint density at radius 3 is 1.41 bits per heavy atom. The number of aromatic nitrogens is 2. The van der Waals surface area contributed by atoms with Crippen LogP contribution < -0.4 is 10.6 Å². The van der Waals surface area contributed by atoms with E-state index in [2.05, 4.69) is 10.6 Å². The second-order valence-corrected chi connectivity index (χ2v) is 15.4. The monoisotopic (exact) mass is 794 g/mol. The van der Waals surface area contributed by atoms with Gasteiger partial charge in [-0.05, 0) is 108 Å². The number of phenolic OH excluding ortho intramolecular Hbond substituents is 2. The third kappa shape index (κ3) is 7.27. The Morgan fingerprint density at radius 1 is 0.643 bits per heavy atom. The number of benzene rings is 4. The second-order valence-electron chi connectivity index (χ2n) is 14.6. The maximum atomic E-state index is 14.9. The highest BCUT2D eigenvalue weighted by Crippen LogP contribution is 2.47. The number of carbonyl (C=O) groups excluding carboxylic acids is 4. The molecule has 0 aliphatic heterocycles. The standard InChI is InChI=1S/C44H44Cl2N4O6/c1-8-17-47-41(53)39(37-25(6)49(33-20-31(45)35(51)18-29(33)37)43(55)27-13-9-23(4)10-14-27)40(42(54)48-22(2)3)38-26(7)50(34-21-32(46)36(52)19-30(34)38)44(56)28-15-11-24(5)12-16-28/h9-16,18-22,39-40,51-52H,8,17H2,1-7H3,(H,47,53)(H,48,54). The molecule has 0 radical (unpaired) electrons. The number of carbonyl (C=O) groups is 4. The topological polar surface area (TPSA) is 143 Å². The van der Waals surface area contributed by atoms with E-state index in [1.54, 1.807) is 52.0 Å². The first-order valence-corrected chi connectivity index (χ1v) is 19.2. The SMILES string of the molecule is CCCNC(=O)C(c1c(C)n(C(=O)c2ccc(C)cc2)c2cc(Cl)c(O)cc12)C(C(=O)NC(C)C)c1c(C)n(C(=O)c2ccc(C)cc2)c2cc(Cl)c(O)cc12. The highest BCUT2D eigenvalue weighted by Gasteiger charge is 2.43. The molecule has 4 N–H and O–H groups in total. The van der Waals surface area contributed by atoms with Crippen LogP contribution in [-0.2, 0) is 9.59 Å². The zero-order valence-corrected chi connectivity index (χ0v) is 33.8. The number of halogens is 2. The van der Waals surface area contributed by atoms with E-state index in [0.29, 0.717) is 61.9 Å². The molecule has 0 saturated carbocycles. The van der Waals surface area contributed by atoms with Gasteiger partial charge in [0.05, 0.1) is 32.9 Å². The molecule has 12 heteroatoms. The van der Waals surface area contributed by atoms with Gasteiger partial charge in [0.15, 0.2) is 0 Å². The van der Waals surface area contributed by atoms with Crippen LogP contribution in [0.2, 0.25) is 10.0 Å². The maximum absolute atomic E-state index is 14.9. The summed E-state index contributed by atoms with van der Waals surface area (Å²) in [6.45, 7) is 13.0. The summed E-state index contributed by atoms with van der Waals surface area (Å²) in [4.78, 5) is 58.6. The number of nitrogens with zero attached hydrogens (tertiary/aromatic N) is 2. The van der Waals surface area contributed by atoms with E-state index in [0.717, 1.165) is 11.1 Å². The fourth-order valence-corrected chi connectivity index (χ4v) is 7.80. The summed E-state index contributed by atoms with van der Waals surface area (Å²) in [6, 6.07) is 19.5. The first-order chi connectivity index (χ1) is 26.5. The van der Waals surface area contributed by atoms with E-state index in [1.165, 1.54) is 33.4 Å². The Morgan fingerprint density at radius 2 is 1.04 bits per heavy atom. The Hall–Kier alpha value is -5.58. The molecule has 6 aromatic rings. The normalized spacial score (nSPS) is 12.6. The van der Waals surface area contributed by atoms with Crippen LogP contribution in [0.4, 0.5) is 0 Å². The minimum absolute atomic E-state index is 0.0125. The Kier molecular flexibility index (Phi) is 11.4. The zero-order valence-electron chi connectivity index (χ0n) is 32.3. The smallest absolute Gasteiger partial charge is 0.262 e. The van der Waals surface area contributed by atoms with Crippen molar-refractivity contribution in [1.29, 1.82) is 0 Å². The number of rotatable bonds is 10. The highest BCUT2D eigenvalue weighted by atomic mass is 35.5. The van der Waals surface area contributed by atoms with E-state index in [9.17, 15) is 29.4 Å². The maximum Gasteiger partial charge on any atom is 0.262 e. The number of amides is 2. The molecule has 2 heterocycles. The van der Waals surface area contributed by atoms with Gasteiger partial charge < -0.3 is 20.8 Å². The second kappa shape index (κ2) is 15.9. The van der Waals surface area contributed by atoms with E-state index in [-0.39, 0.29) is 34.1 Å². The predicted octanol–water partition coefficient (Wildman–Crippen LogP) is 8.84. The molecule has 6 rings (SSSR count). The lowest BCUT2D eigenvalue weighted by molar-refractivity contribution is -0.129. The molecule has 0 aliphatic rings. The van der Waals surface area contributed by atoms with E-state index in [1.807, 2.05) is 45.0 Å². The van der Waals surface area contributed by atoms with Gasteiger partial charge in [-0.3, -0.25) is 28.3 Å². The van der Waals surface area contributed by atoms with Gasteiger partial charge in [0.25, 0.3) is 11.8 Å². The van der Waals surface area contributed by atoms with Crippen LogP contribution in [0.25, 0.3) is 21.8 Å². The van der Waals surface area contributed by atoms with E-state index >= 15 is 0 Å². The third-order valence-corrected chi connectivity index (χ3v) is 10.8. The molecule has 0 saturated heterocycles. The van der Waals surface area contributed by atoms with Gasteiger partial charge in [0.1, 0.15) is 11.5 Å². The number of aromatic hydroxyl groups is 2. The number of nitrogens with one attached hydrogen (secondary N) is 2. The molecule has 10 nitrogen and oxygen atoms in total. The Labute approximate surface area is 335 Å². The van der Waals surface area contributed by atoms with Crippen molar-refractivity contribution < 1.29 is 29.4 Å². The summed E-state index contributed by atoms with van der Waals surface area (Å²) < 4.78 is 2.89. The summed E-state index contributed by atoms with van der Waals surface area (Å²) in [6.07, 6.45) is 0.583. The lowest BCUT2D eigenvalue weighted by atomic mass is 9.77. The van der Waals surface area contributed by atoms with Crippen molar-refractivity contribution in [3.63, 3.8) is 0 Å². The van der Waals surface area contributed by atoms with Gasteiger partial charge in [-0.2, -0.15) is 0 Å². The van der Waals surface area contributed by atoms with Crippen molar-refractivity contribution >= 4 is 68.6 Å². The molecule has 0 fully saturated rings. The largest absolute Gasteiger partial charge is 0.506 e.